The van der Waals surface area contributed by atoms with E-state index < -0.39 is 20.0 Å². The van der Waals surface area contributed by atoms with Crippen LogP contribution in [-0.4, -0.2) is 68.5 Å². The molecule has 3 atom stereocenters. The number of phosphoric ester groups is 1. The molecule has 9 heteroatoms. The van der Waals surface area contributed by atoms with Crippen molar-refractivity contribution in [2.45, 2.75) is 334 Å². The van der Waals surface area contributed by atoms with Crippen LogP contribution in [0, 0.1) is 0 Å². The fourth-order valence-electron chi connectivity index (χ4n) is 10.2. The number of unbranched alkanes of at least 4 members (excludes halogenated alkanes) is 39. The van der Waals surface area contributed by atoms with Crippen molar-refractivity contribution in [3.8, 4) is 0 Å². The Balaban J connectivity index is 3.95. The van der Waals surface area contributed by atoms with Gasteiger partial charge in [-0.1, -0.05) is 330 Å². The quantitative estimate of drug-likeness (QED) is 0.0272. The van der Waals surface area contributed by atoms with Crippen LogP contribution in [0.5, 0.6) is 0 Å². The fourth-order valence-corrected chi connectivity index (χ4v) is 10.9. The highest BCUT2D eigenvalue weighted by atomic mass is 31.2. The number of amides is 1. The Hall–Kier alpha value is -2.32. The molecule has 3 unspecified atom stereocenters. The number of phosphoric acid groups is 1. The molecule has 0 aliphatic rings. The fraction of sp³-hybridized carbons (Fsp3) is 0.795. The van der Waals surface area contributed by atoms with Gasteiger partial charge in [-0.05, 0) is 70.6 Å². The molecule has 0 radical (unpaired) electrons. The first-order valence-corrected chi connectivity index (χ1v) is 36.4. The number of hydrogen-bond acceptors (Lipinski definition) is 6. The Labute approximate surface area is 509 Å². The van der Waals surface area contributed by atoms with Crippen LogP contribution in [0.3, 0.4) is 0 Å². The van der Waals surface area contributed by atoms with Gasteiger partial charge in [-0.3, -0.25) is 9.36 Å². The number of hydrogen-bond donors (Lipinski definition) is 2. The Morgan fingerprint density at radius 1 is 0.439 bits per heavy atom. The molecule has 0 aromatic heterocycles. The third-order valence-electron chi connectivity index (χ3n) is 15.6. The molecule has 0 aliphatic heterocycles. The second kappa shape index (κ2) is 63.2. The Morgan fingerprint density at radius 2 is 0.744 bits per heavy atom. The monoisotopic (exact) mass is 1170 g/mol. The van der Waals surface area contributed by atoms with E-state index in [-0.39, 0.29) is 19.1 Å². The molecule has 1 amide bonds. The number of allylic oxidation sites excluding steroid dienone is 13. The van der Waals surface area contributed by atoms with Gasteiger partial charge in [0, 0.05) is 6.42 Å². The summed E-state index contributed by atoms with van der Waals surface area (Å²) in [6.45, 7) is 4.57. The Bertz CT molecular complexity index is 1610. The molecule has 82 heavy (non-hydrogen) atoms. The van der Waals surface area contributed by atoms with Crippen LogP contribution in [0.4, 0.5) is 0 Å². The summed E-state index contributed by atoms with van der Waals surface area (Å²) in [7, 11) is 1.27. The maximum atomic E-state index is 13.0. The van der Waals surface area contributed by atoms with Gasteiger partial charge in [-0.2, -0.15) is 0 Å². The van der Waals surface area contributed by atoms with Gasteiger partial charge in [0.2, 0.25) is 5.91 Å². The molecule has 0 spiro atoms. The van der Waals surface area contributed by atoms with E-state index in [1.165, 1.54) is 225 Å². The molecule has 0 saturated carbocycles. The molecule has 0 heterocycles. The molecule has 0 bridgehead atoms. The smallest absolute Gasteiger partial charge is 0.268 e. The molecule has 0 rings (SSSR count). The number of aliphatic hydroxyl groups is 1. The zero-order valence-electron chi connectivity index (χ0n) is 54.7. The molecule has 2 N–H and O–H groups in total. The molecule has 0 aliphatic carbocycles. The van der Waals surface area contributed by atoms with Crippen LogP contribution in [0.25, 0.3) is 0 Å². The second-order valence-electron chi connectivity index (χ2n) is 24.9. The van der Waals surface area contributed by atoms with E-state index >= 15 is 0 Å². The average molecular weight is 1170 g/mol. The van der Waals surface area contributed by atoms with Crippen molar-refractivity contribution >= 4 is 13.7 Å². The molecule has 478 valence electrons. The molecule has 0 saturated heterocycles. The Morgan fingerprint density at radius 3 is 1.09 bits per heavy atom. The first-order chi connectivity index (χ1) is 40.0. The van der Waals surface area contributed by atoms with E-state index in [2.05, 4.69) is 92.1 Å². The van der Waals surface area contributed by atoms with Crippen molar-refractivity contribution in [1.29, 1.82) is 0 Å². The number of aliphatic hydroxyl groups excluding tert-OH is 1. The predicted octanol–water partition coefficient (Wildman–Crippen LogP) is 21.7. The largest absolute Gasteiger partial charge is 0.756 e. The van der Waals surface area contributed by atoms with Gasteiger partial charge in [-0.15, -0.1) is 0 Å². The van der Waals surface area contributed by atoms with Crippen molar-refractivity contribution in [1.82, 2.24) is 5.32 Å². The highest BCUT2D eigenvalue weighted by Gasteiger charge is 2.23. The number of quaternary nitrogens is 1. The minimum Gasteiger partial charge on any atom is -0.756 e. The molecule has 8 nitrogen and oxygen atoms in total. The summed E-state index contributed by atoms with van der Waals surface area (Å²) in [5.74, 6) is -0.193. The minimum atomic E-state index is -4.60. The highest BCUT2D eigenvalue weighted by Crippen LogP contribution is 2.38. The first-order valence-electron chi connectivity index (χ1n) is 34.9. The van der Waals surface area contributed by atoms with Gasteiger partial charge >= 0.3 is 0 Å². The number of nitrogens with one attached hydrogen (secondary N) is 1. The lowest BCUT2D eigenvalue weighted by molar-refractivity contribution is -0.870. The summed E-state index contributed by atoms with van der Waals surface area (Å²) < 4.78 is 23.4. The molecular weight excluding hydrogens is 1030 g/mol. The molecule has 0 aromatic rings. The Kier molecular flexibility index (Phi) is 61.4. The molecular formula is C73H135N2O6P. The van der Waals surface area contributed by atoms with Crippen molar-refractivity contribution in [3.63, 3.8) is 0 Å². The number of carbonyl (C=O) groups excluding carboxylic acids is 1. The maximum Gasteiger partial charge on any atom is 0.268 e. The number of carbonyl (C=O) groups is 1. The summed E-state index contributed by atoms with van der Waals surface area (Å²) in [6.07, 6.45) is 89.9. The molecule has 0 fully saturated rings. The summed E-state index contributed by atoms with van der Waals surface area (Å²) in [4.78, 5) is 25.6. The van der Waals surface area contributed by atoms with Crippen LogP contribution >= 0.6 is 7.82 Å². The van der Waals surface area contributed by atoms with Crippen molar-refractivity contribution in [2.75, 3.05) is 40.9 Å². The number of rotatable bonds is 64. The lowest BCUT2D eigenvalue weighted by atomic mass is 10.0. The maximum absolute atomic E-state index is 13.0. The predicted molar refractivity (Wildman–Crippen MR) is 357 cm³/mol. The summed E-state index contributed by atoms with van der Waals surface area (Å²) in [5.41, 5.74) is 0. The highest BCUT2D eigenvalue weighted by molar-refractivity contribution is 7.45. The number of nitrogens with zero attached hydrogens (tertiary/aromatic N) is 1. The van der Waals surface area contributed by atoms with Gasteiger partial charge in [0.05, 0.1) is 39.9 Å². The lowest BCUT2D eigenvalue weighted by Gasteiger charge is -2.29. The number of likely N-dealkylation sites (N-methyl/N-ethyl adjacent to an activating group) is 1. The van der Waals surface area contributed by atoms with Gasteiger partial charge in [0.1, 0.15) is 13.2 Å². The van der Waals surface area contributed by atoms with Crippen LogP contribution in [0.15, 0.2) is 85.1 Å². The van der Waals surface area contributed by atoms with Gasteiger partial charge in [0.15, 0.2) is 0 Å². The van der Waals surface area contributed by atoms with E-state index in [0.717, 1.165) is 77.0 Å². The van der Waals surface area contributed by atoms with Crippen LogP contribution < -0.4 is 10.2 Å². The summed E-state index contributed by atoms with van der Waals surface area (Å²) >= 11 is 0. The van der Waals surface area contributed by atoms with Gasteiger partial charge in [-0.25, -0.2) is 0 Å². The minimum absolute atomic E-state index is 0.000846. The van der Waals surface area contributed by atoms with E-state index in [0.29, 0.717) is 17.4 Å². The van der Waals surface area contributed by atoms with Crippen molar-refractivity contribution in [2.24, 2.45) is 0 Å². The van der Waals surface area contributed by atoms with E-state index in [9.17, 15) is 19.4 Å². The van der Waals surface area contributed by atoms with Crippen LogP contribution in [0.1, 0.15) is 322 Å². The molecule has 0 aromatic carbocycles. The van der Waals surface area contributed by atoms with E-state index in [4.69, 9.17) is 9.05 Å². The van der Waals surface area contributed by atoms with Crippen LogP contribution in [0.2, 0.25) is 0 Å². The van der Waals surface area contributed by atoms with Crippen LogP contribution in [-0.2, 0) is 18.4 Å². The summed E-state index contributed by atoms with van der Waals surface area (Å²) in [5, 5.41) is 13.9. The third kappa shape index (κ3) is 65.2. The standard InChI is InChI=1S/C73H135N2O6P/c1-6-8-10-12-14-16-18-20-22-24-26-27-28-29-30-31-32-33-34-35-36-37-38-39-40-41-42-43-44-45-46-47-49-51-53-55-57-59-61-63-65-67-73(77)74-71(70-81-82(78,79)80-69-68-75(3,4)5)72(76)66-64-62-60-58-56-54-52-50-48-25-23-21-19-17-15-13-11-9-7-2/h8,10,14,16,20,22,26-27,29-30,32-33,64,66,71-72,76H,6-7,9,11-13,15,17-19,21,23-25,28,31,34-63,65,67-70H2,1-5H3,(H-,74,77,78,79)/b10-8-,16-14-,22-20-,27-26-,30-29-,33-32-,66-64+. The average Bonchev–Trinajstić information content (AvgIpc) is 3.47. The zero-order chi connectivity index (χ0) is 59.8. The summed E-state index contributed by atoms with van der Waals surface area (Å²) in [6, 6.07) is -0.888. The van der Waals surface area contributed by atoms with Gasteiger partial charge < -0.3 is 28.8 Å². The van der Waals surface area contributed by atoms with Crippen molar-refractivity contribution < 1.29 is 32.9 Å². The second-order valence-corrected chi connectivity index (χ2v) is 26.3. The first kappa shape index (κ1) is 79.7. The van der Waals surface area contributed by atoms with E-state index in [1.807, 2.05) is 27.2 Å². The normalized spacial score (nSPS) is 14.2. The third-order valence-corrected chi connectivity index (χ3v) is 16.6. The zero-order valence-corrected chi connectivity index (χ0v) is 55.6. The van der Waals surface area contributed by atoms with Gasteiger partial charge in [0.25, 0.3) is 7.82 Å². The lowest BCUT2D eigenvalue weighted by Crippen LogP contribution is -2.45. The topological polar surface area (TPSA) is 108 Å². The van der Waals surface area contributed by atoms with E-state index in [1.54, 1.807) is 6.08 Å². The SMILES string of the molecule is CC/C=C\C/C=C\C/C=C\C/C=C\C/C=C\C/C=C\CCCCCCCCCCCCCCCCCCCCCCCCC(=O)NC(COP(=O)([O-])OCC[N+](C)(C)C)C(O)/C=C/CCCCCCCCCCCCCCCCCCC. The van der Waals surface area contributed by atoms with Crippen molar-refractivity contribution in [3.05, 3.63) is 85.1 Å².